The number of rotatable bonds is 5. The molecule has 0 atom stereocenters. The van der Waals surface area contributed by atoms with Crippen LogP contribution in [0.15, 0.2) is 84.1 Å². The zero-order valence-corrected chi connectivity index (χ0v) is 15.0. The van der Waals surface area contributed by atoms with E-state index in [0.29, 0.717) is 10.8 Å². The van der Waals surface area contributed by atoms with Crippen molar-refractivity contribution in [1.82, 2.24) is 10.4 Å². The van der Waals surface area contributed by atoms with E-state index >= 15 is 0 Å². The molecule has 0 unspecified atom stereocenters. The quantitative estimate of drug-likeness (QED) is 0.410. The Kier molecular flexibility index (Phi) is 5.90. The molecule has 0 radical (unpaired) electrons. The summed E-state index contributed by atoms with van der Waals surface area (Å²) in [6.07, 6.45) is 1.74. The molecular formula is C20H18N4OS. The van der Waals surface area contributed by atoms with E-state index in [2.05, 4.69) is 20.8 Å². The second kappa shape index (κ2) is 8.73. The minimum absolute atomic E-state index is 0.388. The number of hydrogen-bond acceptors (Lipinski definition) is 4. The number of aromatic nitrogens is 1. The average Bonchev–Trinajstić information content (AvgIpc) is 2.70. The number of anilines is 1. The molecule has 6 heteroatoms. The predicted octanol–water partition coefficient (Wildman–Crippen LogP) is 3.83. The van der Waals surface area contributed by atoms with Gasteiger partial charge in [-0.1, -0.05) is 36.4 Å². The molecule has 0 bridgehead atoms. The van der Waals surface area contributed by atoms with Crippen LogP contribution in [0.2, 0.25) is 0 Å². The number of thiocarbonyl (C=S) groups is 1. The summed E-state index contributed by atoms with van der Waals surface area (Å²) < 4.78 is 5.15. The molecule has 1 aromatic heterocycles. The topological polar surface area (TPSA) is 58.5 Å². The summed E-state index contributed by atoms with van der Waals surface area (Å²) in [7, 11) is 1.63. The lowest BCUT2D eigenvalue weighted by Gasteiger charge is -2.10. The molecule has 5 nitrogen and oxygen atoms in total. The number of pyridine rings is 1. The molecule has 0 fully saturated rings. The highest BCUT2D eigenvalue weighted by atomic mass is 32.1. The summed E-state index contributed by atoms with van der Waals surface area (Å²) >= 11 is 5.33. The Balaban J connectivity index is 1.76. The normalized spacial score (nSPS) is 10.9. The van der Waals surface area contributed by atoms with Crippen molar-refractivity contribution in [2.24, 2.45) is 5.10 Å². The van der Waals surface area contributed by atoms with Crippen molar-refractivity contribution in [2.45, 2.75) is 0 Å². The molecule has 3 rings (SSSR count). The Morgan fingerprint density at radius 2 is 1.69 bits per heavy atom. The Morgan fingerprint density at radius 3 is 2.35 bits per heavy atom. The number of nitrogens with zero attached hydrogens (tertiary/aromatic N) is 2. The highest BCUT2D eigenvalue weighted by Gasteiger charge is 2.08. The fraction of sp³-hybridized carbons (Fsp3) is 0.0500. The molecule has 0 spiro atoms. The first-order chi connectivity index (χ1) is 12.8. The number of benzene rings is 2. The van der Waals surface area contributed by atoms with Crippen LogP contribution in [0.3, 0.4) is 0 Å². The van der Waals surface area contributed by atoms with Crippen LogP contribution in [0.4, 0.5) is 5.69 Å². The van der Waals surface area contributed by atoms with Crippen molar-refractivity contribution in [3.05, 3.63) is 90.3 Å². The maximum Gasteiger partial charge on any atom is 0.191 e. The molecule has 0 saturated carbocycles. The first kappa shape index (κ1) is 17.6. The van der Waals surface area contributed by atoms with Gasteiger partial charge >= 0.3 is 0 Å². The van der Waals surface area contributed by atoms with Crippen LogP contribution >= 0.6 is 12.2 Å². The smallest absolute Gasteiger partial charge is 0.191 e. The molecule has 130 valence electrons. The molecule has 0 aliphatic carbocycles. The lowest BCUT2D eigenvalue weighted by atomic mass is 10.1. The number of nitrogens with one attached hydrogen (secondary N) is 2. The van der Waals surface area contributed by atoms with E-state index in [1.807, 2.05) is 72.8 Å². The van der Waals surface area contributed by atoms with Crippen molar-refractivity contribution < 1.29 is 4.74 Å². The van der Waals surface area contributed by atoms with Gasteiger partial charge in [-0.25, -0.2) is 0 Å². The van der Waals surface area contributed by atoms with Gasteiger partial charge in [-0.15, -0.1) is 0 Å². The van der Waals surface area contributed by atoms with E-state index in [9.17, 15) is 0 Å². The second-order valence-corrected chi connectivity index (χ2v) is 5.74. The highest BCUT2D eigenvalue weighted by Crippen LogP contribution is 2.15. The average molecular weight is 362 g/mol. The zero-order valence-electron chi connectivity index (χ0n) is 14.2. The summed E-state index contributed by atoms with van der Waals surface area (Å²) in [6.45, 7) is 0. The lowest BCUT2D eigenvalue weighted by molar-refractivity contribution is 0.415. The third-order valence-electron chi connectivity index (χ3n) is 3.57. The van der Waals surface area contributed by atoms with Crippen LogP contribution in [0.25, 0.3) is 0 Å². The molecule has 0 saturated heterocycles. The van der Waals surface area contributed by atoms with Gasteiger partial charge < -0.3 is 10.1 Å². The first-order valence-corrected chi connectivity index (χ1v) is 8.42. The SMILES string of the molecule is COc1ccc(NC(=S)N/N=C(\c2ccccc2)c2ccccn2)cc1. The molecule has 0 aliphatic heterocycles. The predicted molar refractivity (Wildman–Crippen MR) is 109 cm³/mol. The van der Waals surface area contributed by atoms with Crippen LogP contribution < -0.4 is 15.5 Å². The van der Waals surface area contributed by atoms with Gasteiger partial charge in [0.2, 0.25) is 0 Å². The fourth-order valence-electron chi connectivity index (χ4n) is 2.31. The molecule has 2 aromatic carbocycles. The minimum atomic E-state index is 0.388. The van der Waals surface area contributed by atoms with E-state index in [-0.39, 0.29) is 0 Å². The van der Waals surface area contributed by atoms with Gasteiger partial charge in [-0.3, -0.25) is 10.4 Å². The monoisotopic (exact) mass is 362 g/mol. The van der Waals surface area contributed by atoms with Gasteiger partial charge in [0.15, 0.2) is 5.11 Å². The van der Waals surface area contributed by atoms with E-state index in [1.165, 1.54) is 0 Å². The summed E-state index contributed by atoms with van der Waals surface area (Å²) in [6, 6.07) is 23.0. The summed E-state index contributed by atoms with van der Waals surface area (Å²) in [5.41, 5.74) is 6.16. The van der Waals surface area contributed by atoms with Crippen LogP contribution in [0.5, 0.6) is 5.75 Å². The Labute approximate surface area is 157 Å². The second-order valence-electron chi connectivity index (χ2n) is 5.34. The van der Waals surface area contributed by atoms with Gasteiger partial charge in [-0.2, -0.15) is 5.10 Å². The van der Waals surface area contributed by atoms with Crippen molar-refractivity contribution in [2.75, 3.05) is 12.4 Å². The van der Waals surface area contributed by atoms with Gasteiger partial charge in [0.25, 0.3) is 0 Å². The molecule has 0 aliphatic rings. The van der Waals surface area contributed by atoms with E-state index < -0.39 is 0 Å². The first-order valence-electron chi connectivity index (χ1n) is 8.02. The van der Waals surface area contributed by atoms with Gasteiger partial charge in [0, 0.05) is 17.4 Å². The number of hydrazone groups is 1. The molecule has 1 heterocycles. The molecule has 2 N–H and O–H groups in total. The Hall–Kier alpha value is -3.25. The van der Waals surface area contributed by atoms with Crippen LogP contribution in [0, 0.1) is 0 Å². The molecule has 26 heavy (non-hydrogen) atoms. The van der Waals surface area contributed by atoms with E-state index in [1.54, 1.807) is 13.3 Å². The number of ether oxygens (including phenoxy) is 1. The van der Waals surface area contributed by atoms with Gasteiger partial charge in [0.05, 0.1) is 12.8 Å². The fourth-order valence-corrected chi connectivity index (χ4v) is 2.47. The Bertz CT molecular complexity index is 839. The van der Waals surface area contributed by atoms with E-state index in [4.69, 9.17) is 17.0 Å². The van der Waals surface area contributed by atoms with Gasteiger partial charge in [-0.05, 0) is 48.6 Å². The van der Waals surface area contributed by atoms with Crippen LogP contribution in [-0.4, -0.2) is 22.9 Å². The third-order valence-corrected chi connectivity index (χ3v) is 3.77. The maximum atomic E-state index is 5.33. The van der Waals surface area contributed by atoms with Gasteiger partial charge in [0.1, 0.15) is 11.5 Å². The van der Waals surface area contributed by atoms with Crippen molar-refractivity contribution in [3.63, 3.8) is 0 Å². The lowest BCUT2D eigenvalue weighted by Crippen LogP contribution is -2.25. The van der Waals surface area contributed by atoms with Crippen LogP contribution in [-0.2, 0) is 0 Å². The van der Waals surface area contributed by atoms with Crippen molar-refractivity contribution >= 4 is 28.7 Å². The summed E-state index contributed by atoms with van der Waals surface area (Å²) in [5, 5.41) is 7.95. The molecule has 3 aromatic rings. The van der Waals surface area contributed by atoms with Crippen molar-refractivity contribution in [3.8, 4) is 5.75 Å². The molecule has 0 amide bonds. The zero-order chi connectivity index (χ0) is 18.2. The summed E-state index contributed by atoms with van der Waals surface area (Å²) in [4.78, 5) is 4.39. The molecular weight excluding hydrogens is 344 g/mol. The largest absolute Gasteiger partial charge is 0.497 e. The van der Waals surface area contributed by atoms with Crippen LogP contribution in [0.1, 0.15) is 11.3 Å². The summed E-state index contributed by atoms with van der Waals surface area (Å²) in [5.74, 6) is 0.786. The van der Waals surface area contributed by atoms with Crippen molar-refractivity contribution in [1.29, 1.82) is 0 Å². The highest BCUT2D eigenvalue weighted by molar-refractivity contribution is 7.80. The standard InChI is InChI=1S/C20H18N4OS/c1-25-17-12-10-16(11-13-17)22-20(26)24-23-19(15-7-3-2-4-8-15)18-9-5-6-14-21-18/h2-14H,1H3,(H2,22,24,26)/b23-19+. The van der Waals surface area contributed by atoms with E-state index in [0.717, 1.165) is 22.7 Å². The minimum Gasteiger partial charge on any atom is -0.497 e. The Morgan fingerprint density at radius 1 is 0.962 bits per heavy atom. The number of hydrogen-bond donors (Lipinski definition) is 2. The third kappa shape index (κ3) is 4.64. The number of methoxy groups -OCH3 is 1. The maximum absolute atomic E-state index is 5.33.